The maximum atomic E-state index is 13.4. The molecule has 0 radical (unpaired) electrons. The van der Waals surface area contributed by atoms with Gasteiger partial charge in [0.15, 0.2) is 0 Å². The van der Waals surface area contributed by atoms with Crippen LogP contribution in [0.1, 0.15) is 34.5 Å². The van der Waals surface area contributed by atoms with E-state index in [1.54, 1.807) is 12.1 Å². The SMILES string of the molecule is Cc1ccc(-c2cccc3cc(C(=O)N4CCC(F)(F)CC4)ccc23)nc1CNC=O. The molecule has 31 heavy (non-hydrogen) atoms. The van der Waals surface area contributed by atoms with Gasteiger partial charge in [-0.1, -0.05) is 30.3 Å². The van der Waals surface area contributed by atoms with Crippen LogP contribution in [0.5, 0.6) is 0 Å². The Morgan fingerprint density at radius 3 is 2.68 bits per heavy atom. The maximum absolute atomic E-state index is 13.4. The second kappa shape index (κ2) is 8.41. The zero-order valence-electron chi connectivity index (χ0n) is 17.2. The van der Waals surface area contributed by atoms with E-state index in [0.717, 1.165) is 33.3 Å². The molecule has 0 saturated carbocycles. The van der Waals surface area contributed by atoms with Crippen molar-refractivity contribution in [1.82, 2.24) is 15.2 Å². The quantitative estimate of drug-likeness (QED) is 0.622. The van der Waals surface area contributed by atoms with Crippen molar-refractivity contribution in [3.63, 3.8) is 0 Å². The van der Waals surface area contributed by atoms with Crippen molar-refractivity contribution < 1.29 is 18.4 Å². The van der Waals surface area contributed by atoms with E-state index in [9.17, 15) is 18.4 Å². The van der Waals surface area contributed by atoms with E-state index < -0.39 is 5.92 Å². The number of halogens is 2. The lowest BCUT2D eigenvalue weighted by atomic mass is 9.98. The molecule has 0 atom stereocenters. The second-order valence-electron chi connectivity index (χ2n) is 7.85. The molecule has 2 heterocycles. The monoisotopic (exact) mass is 423 g/mol. The number of hydrogen-bond acceptors (Lipinski definition) is 3. The van der Waals surface area contributed by atoms with E-state index in [-0.39, 0.29) is 31.8 Å². The molecule has 1 aliphatic rings. The third kappa shape index (κ3) is 4.40. The number of fused-ring (bicyclic) bond motifs is 1. The molecule has 1 aromatic heterocycles. The van der Waals surface area contributed by atoms with E-state index in [2.05, 4.69) is 5.32 Å². The Morgan fingerprint density at radius 1 is 1.16 bits per heavy atom. The van der Waals surface area contributed by atoms with Crippen LogP contribution in [0.4, 0.5) is 8.78 Å². The predicted molar refractivity (Wildman–Crippen MR) is 115 cm³/mol. The van der Waals surface area contributed by atoms with E-state index in [1.165, 1.54) is 4.90 Å². The highest BCUT2D eigenvalue weighted by Crippen LogP contribution is 2.31. The molecule has 1 fully saturated rings. The largest absolute Gasteiger partial charge is 0.353 e. The van der Waals surface area contributed by atoms with Gasteiger partial charge in [0, 0.05) is 37.1 Å². The summed E-state index contributed by atoms with van der Waals surface area (Å²) < 4.78 is 26.8. The minimum absolute atomic E-state index is 0.0643. The average molecular weight is 423 g/mol. The third-order valence-corrected chi connectivity index (χ3v) is 5.74. The first-order chi connectivity index (χ1) is 14.9. The van der Waals surface area contributed by atoms with E-state index in [0.29, 0.717) is 18.5 Å². The van der Waals surface area contributed by atoms with Crippen LogP contribution in [0.15, 0.2) is 48.5 Å². The molecule has 160 valence electrons. The van der Waals surface area contributed by atoms with Gasteiger partial charge in [-0.25, -0.2) is 8.78 Å². The number of likely N-dealkylation sites (tertiary alicyclic amines) is 1. The number of alkyl halides is 2. The van der Waals surface area contributed by atoms with Crippen molar-refractivity contribution in [2.24, 2.45) is 0 Å². The van der Waals surface area contributed by atoms with Gasteiger partial charge in [-0.05, 0) is 41.5 Å². The molecular weight excluding hydrogens is 400 g/mol. The summed E-state index contributed by atoms with van der Waals surface area (Å²) in [5.41, 5.74) is 3.95. The lowest BCUT2D eigenvalue weighted by Crippen LogP contribution is -2.42. The van der Waals surface area contributed by atoms with Crippen LogP contribution >= 0.6 is 0 Å². The number of nitrogens with one attached hydrogen (secondary N) is 1. The summed E-state index contributed by atoms with van der Waals surface area (Å²) in [6.45, 7) is 2.42. The fraction of sp³-hybridized carbons (Fsp3) is 0.292. The molecule has 1 aliphatic heterocycles. The van der Waals surface area contributed by atoms with E-state index >= 15 is 0 Å². The van der Waals surface area contributed by atoms with Crippen LogP contribution in [0.2, 0.25) is 0 Å². The Labute approximate surface area is 179 Å². The number of nitrogens with zero attached hydrogens (tertiary/aromatic N) is 2. The number of pyridine rings is 1. The molecule has 5 nitrogen and oxygen atoms in total. The van der Waals surface area contributed by atoms with Gasteiger partial charge in [-0.3, -0.25) is 14.6 Å². The first-order valence-corrected chi connectivity index (χ1v) is 10.2. The number of carbonyl (C=O) groups excluding carboxylic acids is 2. The van der Waals surface area contributed by atoms with Gasteiger partial charge in [0.05, 0.1) is 17.9 Å². The zero-order chi connectivity index (χ0) is 22.0. The van der Waals surface area contributed by atoms with Gasteiger partial charge < -0.3 is 10.2 Å². The highest BCUT2D eigenvalue weighted by atomic mass is 19.3. The Bertz CT molecular complexity index is 1140. The smallest absolute Gasteiger partial charge is 0.253 e. The number of benzene rings is 2. The summed E-state index contributed by atoms with van der Waals surface area (Å²) in [6.07, 6.45) is 0.0570. The lowest BCUT2D eigenvalue weighted by Gasteiger charge is -2.31. The van der Waals surface area contributed by atoms with Gasteiger partial charge in [0.1, 0.15) is 0 Å². The Kier molecular flexibility index (Phi) is 5.67. The molecule has 1 saturated heterocycles. The van der Waals surface area contributed by atoms with Crippen molar-refractivity contribution in [2.45, 2.75) is 32.2 Å². The molecule has 0 spiro atoms. The van der Waals surface area contributed by atoms with E-state index in [1.807, 2.05) is 43.3 Å². The van der Waals surface area contributed by atoms with Crippen LogP contribution in [0.25, 0.3) is 22.0 Å². The minimum Gasteiger partial charge on any atom is -0.353 e. The summed E-state index contributed by atoms with van der Waals surface area (Å²) >= 11 is 0. The molecular formula is C24H23F2N3O2. The summed E-state index contributed by atoms with van der Waals surface area (Å²) in [6, 6.07) is 15.1. The molecule has 2 aromatic carbocycles. The number of aromatic nitrogens is 1. The van der Waals surface area contributed by atoms with Crippen molar-refractivity contribution in [3.05, 3.63) is 65.4 Å². The van der Waals surface area contributed by atoms with Crippen LogP contribution in [0.3, 0.4) is 0 Å². The van der Waals surface area contributed by atoms with Crippen LogP contribution in [-0.2, 0) is 11.3 Å². The van der Waals surface area contributed by atoms with Crippen LogP contribution in [0, 0.1) is 6.92 Å². The van der Waals surface area contributed by atoms with Crippen molar-refractivity contribution in [2.75, 3.05) is 13.1 Å². The fourth-order valence-electron chi connectivity index (χ4n) is 3.90. The number of carbonyl (C=O) groups is 2. The number of aryl methyl sites for hydroxylation is 1. The topological polar surface area (TPSA) is 62.3 Å². The summed E-state index contributed by atoms with van der Waals surface area (Å²) in [4.78, 5) is 29.7. The molecule has 0 bridgehead atoms. The Hall–Kier alpha value is -3.35. The fourth-order valence-corrected chi connectivity index (χ4v) is 3.90. The standard InChI is InChI=1S/C24H23F2N3O2/c1-16-5-8-21(28-22(16)14-27-15-30)20-4-2-3-17-13-18(6-7-19(17)20)23(31)29-11-9-24(25,26)10-12-29/h2-8,13,15H,9-12,14H2,1H3,(H,27,30). The molecule has 7 heteroatoms. The molecule has 4 rings (SSSR count). The normalized spacial score (nSPS) is 15.6. The third-order valence-electron chi connectivity index (χ3n) is 5.74. The first kappa shape index (κ1) is 20.9. The maximum Gasteiger partial charge on any atom is 0.253 e. The minimum atomic E-state index is -2.68. The Balaban J connectivity index is 1.65. The van der Waals surface area contributed by atoms with Gasteiger partial charge in [-0.15, -0.1) is 0 Å². The molecule has 3 aromatic rings. The average Bonchev–Trinajstić information content (AvgIpc) is 2.77. The predicted octanol–water partition coefficient (Wildman–Crippen LogP) is 4.33. The van der Waals surface area contributed by atoms with Gasteiger partial charge in [-0.2, -0.15) is 0 Å². The number of piperidine rings is 1. The highest BCUT2D eigenvalue weighted by molar-refractivity contribution is 6.02. The highest BCUT2D eigenvalue weighted by Gasteiger charge is 2.35. The number of rotatable bonds is 5. The van der Waals surface area contributed by atoms with Crippen LogP contribution in [-0.4, -0.2) is 41.2 Å². The van der Waals surface area contributed by atoms with Gasteiger partial charge >= 0.3 is 0 Å². The number of hydrogen-bond donors (Lipinski definition) is 1. The zero-order valence-corrected chi connectivity index (χ0v) is 17.2. The van der Waals surface area contributed by atoms with Crippen LogP contribution < -0.4 is 5.32 Å². The number of amides is 2. The van der Waals surface area contributed by atoms with Gasteiger partial charge in [0.2, 0.25) is 6.41 Å². The molecule has 0 aliphatic carbocycles. The van der Waals surface area contributed by atoms with Crippen molar-refractivity contribution in [1.29, 1.82) is 0 Å². The lowest BCUT2D eigenvalue weighted by molar-refractivity contribution is -0.109. The van der Waals surface area contributed by atoms with Crippen molar-refractivity contribution in [3.8, 4) is 11.3 Å². The summed E-state index contributed by atoms with van der Waals surface area (Å²) in [5, 5.41) is 4.46. The van der Waals surface area contributed by atoms with Crippen molar-refractivity contribution >= 4 is 23.1 Å². The molecule has 1 N–H and O–H groups in total. The van der Waals surface area contributed by atoms with E-state index in [4.69, 9.17) is 4.98 Å². The molecule has 2 amide bonds. The molecule has 0 unspecified atom stereocenters. The first-order valence-electron chi connectivity index (χ1n) is 10.2. The van der Waals surface area contributed by atoms with Gasteiger partial charge in [0.25, 0.3) is 11.8 Å². The second-order valence-corrected chi connectivity index (χ2v) is 7.85. The summed E-state index contributed by atoms with van der Waals surface area (Å²) in [5.74, 6) is -2.91. The summed E-state index contributed by atoms with van der Waals surface area (Å²) in [7, 11) is 0. The Morgan fingerprint density at radius 2 is 1.94 bits per heavy atom.